The van der Waals surface area contributed by atoms with Crippen LogP contribution in [0.3, 0.4) is 0 Å². The summed E-state index contributed by atoms with van der Waals surface area (Å²) in [6.45, 7) is 5.92. The van der Waals surface area contributed by atoms with E-state index in [1.165, 1.54) is 27.8 Å². The minimum atomic E-state index is -0.424. The van der Waals surface area contributed by atoms with Gasteiger partial charge in [-0.2, -0.15) is 4.68 Å². The first-order valence-electron chi connectivity index (χ1n) is 9.63. The van der Waals surface area contributed by atoms with E-state index in [4.69, 9.17) is 9.47 Å². The van der Waals surface area contributed by atoms with Gasteiger partial charge in [-0.15, -0.1) is 16.4 Å². The van der Waals surface area contributed by atoms with Gasteiger partial charge in [0.25, 0.3) is 0 Å². The van der Waals surface area contributed by atoms with Crippen LogP contribution in [-0.2, 0) is 16.0 Å². The van der Waals surface area contributed by atoms with Gasteiger partial charge in [0, 0.05) is 4.88 Å². The van der Waals surface area contributed by atoms with Crippen LogP contribution >= 0.6 is 23.1 Å². The normalized spacial score (nSPS) is 10.7. The Morgan fingerprint density at radius 3 is 2.74 bits per heavy atom. The van der Waals surface area contributed by atoms with Crippen molar-refractivity contribution in [2.45, 2.75) is 32.3 Å². The van der Waals surface area contributed by atoms with Gasteiger partial charge in [0.1, 0.15) is 16.4 Å². The largest absolute Gasteiger partial charge is 0.494 e. The van der Waals surface area contributed by atoms with Gasteiger partial charge in [-0.3, -0.25) is 4.79 Å². The maximum atomic E-state index is 12.6. The van der Waals surface area contributed by atoms with Crippen molar-refractivity contribution in [2.75, 3.05) is 24.8 Å². The first-order chi connectivity index (χ1) is 15.0. The fourth-order valence-corrected chi connectivity index (χ4v) is 4.86. The predicted molar refractivity (Wildman–Crippen MR) is 119 cm³/mol. The number of hydrogen-bond acceptors (Lipinski definition) is 9. The standard InChI is InChI=1S/C20H23N5O4S2/c1-5-13-12(3)31-18(17(13)19(27)29-6-2)21-16(26)11-30-20-22-23-24-25(20)14-9-7-8-10-15(14)28-4/h7-10H,5-6,11H2,1-4H3,(H,21,26). The van der Waals surface area contributed by atoms with Crippen molar-refractivity contribution >= 4 is 40.0 Å². The molecule has 11 heteroatoms. The van der Waals surface area contributed by atoms with Crippen LogP contribution in [0, 0.1) is 6.92 Å². The fourth-order valence-electron chi connectivity index (χ4n) is 3.03. The molecule has 2 heterocycles. The highest BCUT2D eigenvalue weighted by Gasteiger charge is 2.24. The Hall–Kier alpha value is -2.92. The maximum absolute atomic E-state index is 12.6. The molecule has 0 radical (unpaired) electrons. The van der Waals surface area contributed by atoms with Gasteiger partial charge in [0.05, 0.1) is 25.0 Å². The molecule has 31 heavy (non-hydrogen) atoms. The third-order valence-corrected chi connectivity index (χ3v) is 6.36. The number of thioether (sulfide) groups is 1. The van der Waals surface area contributed by atoms with E-state index in [1.54, 1.807) is 20.1 Å². The minimum absolute atomic E-state index is 0.0657. The van der Waals surface area contributed by atoms with E-state index in [0.717, 1.165) is 10.4 Å². The number of anilines is 1. The van der Waals surface area contributed by atoms with Crippen molar-refractivity contribution in [2.24, 2.45) is 0 Å². The maximum Gasteiger partial charge on any atom is 0.341 e. The number of ether oxygens (including phenoxy) is 2. The van der Waals surface area contributed by atoms with Gasteiger partial charge in [-0.25, -0.2) is 4.79 Å². The molecule has 0 aliphatic carbocycles. The van der Waals surface area contributed by atoms with Crippen molar-refractivity contribution in [3.8, 4) is 11.4 Å². The third-order valence-electron chi connectivity index (χ3n) is 4.38. The molecule has 0 spiro atoms. The lowest BCUT2D eigenvalue weighted by Gasteiger charge is -2.09. The van der Waals surface area contributed by atoms with E-state index >= 15 is 0 Å². The zero-order valence-corrected chi connectivity index (χ0v) is 19.3. The van der Waals surface area contributed by atoms with Crippen LogP contribution in [-0.4, -0.2) is 51.6 Å². The molecule has 1 N–H and O–H groups in total. The van der Waals surface area contributed by atoms with E-state index in [0.29, 0.717) is 33.6 Å². The van der Waals surface area contributed by atoms with E-state index in [9.17, 15) is 9.59 Å². The topological polar surface area (TPSA) is 108 Å². The molecule has 0 saturated carbocycles. The molecule has 164 valence electrons. The number of hydrogen-bond donors (Lipinski definition) is 1. The molecular formula is C20H23N5O4S2. The van der Waals surface area contributed by atoms with Gasteiger partial charge < -0.3 is 14.8 Å². The number of esters is 1. The molecule has 0 aliphatic heterocycles. The smallest absolute Gasteiger partial charge is 0.341 e. The molecule has 0 aliphatic rings. The Morgan fingerprint density at radius 2 is 2.03 bits per heavy atom. The minimum Gasteiger partial charge on any atom is -0.494 e. The quantitative estimate of drug-likeness (QED) is 0.381. The first-order valence-corrected chi connectivity index (χ1v) is 11.4. The molecule has 1 aromatic carbocycles. The van der Waals surface area contributed by atoms with E-state index in [2.05, 4.69) is 20.8 Å². The van der Waals surface area contributed by atoms with Crippen LogP contribution in [0.2, 0.25) is 0 Å². The summed E-state index contributed by atoms with van der Waals surface area (Å²) in [4.78, 5) is 26.1. The van der Waals surface area contributed by atoms with E-state index in [-0.39, 0.29) is 18.3 Å². The molecule has 0 fully saturated rings. The van der Waals surface area contributed by atoms with Crippen LogP contribution < -0.4 is 10.1 Å². The van der Waals surface area contributed by atoms with Crippen LogP contribution in [0.1, 0.15) is 34.6 Å². The number of nitrogens with zero attached hydrogens (tertiary/aromatic N) is 4. The Morgan fingerprint density at radius 1 is 1.26 bits per heavy atom. The SMILES string of the molecule is CCOC(=O)c1c(NC(=O)CSc2nnnn2-c2ccccc2OC)sc(C)c1CC. The Kier molecular flexibility index (Phi) is 7.64. The second-order valence-corrected chi connectivity index (χ2v) is 8.46. The Bertz CT molecular complexity index is 1080. The van der Waals surface area contributed by atoms with Gasteiger partial charge in [0.15, 0.2) is 0 Å². The third kappa shape index (κ3) is 5.05. The van der Waals surface area contributed by atoms with Crippen LogP contribution in [0.25, 0.3) is 5.69 Å². The summed E-state index contributed by atoms with van der Waals surface area (Å²) in [5.41, 5.74) is 2.00. The molecule has 0 bridgehead atoms. The lowest BCUT2D eigenvalue weighted by molar-refractivity contribution is -0.113. The number of aryl methyl sites for hydroxylation is 1. The molecule has 1 amide bonds. The number of thiophene rings is 1. The molecule has 0 saturated heterocycles. The number of tetrazole rings is 1. The predicted octanol–water partition coefficient (Wildman–Crippen LogP) is 3.51. The summed E-state index contributed by atoms with van der Waals surface area (Å²) in [5.74, 6) is -0.0157. The van der Waals surface area contributed by atoms with Gasteiger partial charge in [-0.05, 0) is 48.4 Å². The zero-order chi connectivity index (χ0) is 22.4. The zero-order valence-electron chi connectivity index (χ0n) is 17.7. The summed E-state index contributed by atoms with van der Waals surface area (Å²) < 4.78 is 12.1. The van der Waals surface area contributed by atoms with Crippen LogP contribution in [0.15, 0.2) is 29.4 Å². The van der Waals surface area contributed by atoms with E-state index < -0.39 is 5.97 Å². The second kappa shape index (κ2) is 10.4. The average molecular weight is 462 g/mol. The summed E-state index contributed by atoms with van der Waals surface area (Å²) in [7, 11) is 1.57. The number of para-hydroxylation sites is 2. The van der Waals surface area contributed by atoms with Crippen molar-refractivity contribution in [1.29, 1.82) is 0 Å². The summed E-state index contributed by atoms with van der Waals surface area (Å²) in [6.07, 6.45) is 0.675. The number of amides is 1. The summed E-state index contributed by atoms with van der Waals surface area (Å²) >= 11 is 2.56. The monoisotopic (exact) mass is 461 g/mol. The van der Waals surface area contributed by atoms with Crippen LogP contribution in [0.4, 0.5) is 5.00 Å². The highest BCUT2D eigenvalue weighted by Crippen LogP contribution is 2.34. The molecule has 0 atom stereocenters. The molecule has 3 aromatic rings. The number of rotatable bonds is 9. The van der Waals surface area contributed by atoms with Gasteiger partial charge >= 0.3 is 5.97 Å². The van der Waals surface area contributed by atoms with Gasteiger partial charge in [0.2, 0.25) is 11.1 Å². The number of benzene rings is 1. The fraction of sp³-hybridized carbons (Fsp3) is 0.350. The lowest BCUT2D eigenvalue weighted by Crippen LogP contribution is -2.17. The number of methoxy groups -OCH3 is 1. The number of carbonyl (C=O) groups excluding carboxylic acids is 2. The lowest BCUT2D eigenvalue weighted by atomic mass is 10.1. The molecule has 9 nitrogen and oxygen atoms in total. The first kappa shape index (κ1) is 22.8. The second-order valence-electron chi connectivity index (χ2n) is 6.30. The van der Waals surface area contributed by atoms with E-state index in [1.807, 2.05) is 32.0 Å². The molecule has 2 aromatic heterocycles. The molecular weight excluding hydrogens is 438 g/mol. The van der Waals surface area contributed by atoms with Crippen molar-refractivity contribution in [1.82, 2.24) is 20.2 Å². The van der Waals surface area contributed by atoms with Gasteiger partial charge in [-0.1, -0.05) is 30.8 Å². The Labute approximate surface area is 188 Å². The van der Waals surface area contributed by atoms with Crippen molar-refractivity contribution in [3.05, 3.63) is 40.3 Å². The van der Waals surface area contributed by atoms with Crippen LogP contribution in [0.5, 0.6) is 5.75 Å². The molecule has 3 rings (SSSR count). The highest BCUT2D eigenvalue weighted by molar-refractivity contribution is 7.99. The highest BCUT2D eigenvalue weighted by atomic mass is 32.2. The average Bonchev–Trinajstić information content (AvgIpc) is 3.35. The van der Waals surface area contributed by atoms with Crippen molar-refractivity contribution in [3.63, 3.8) is 0 Å². The van der Waals surface area contributed by atoms with Crippen molar-refractivity contribution < 1.29 is 19.1 Å². The Balaban J connectivity index is 1.74. The summed E-state index contributed by atoms with van der Waals surface area (Å²) in [5, 5.41) is 15.5. The summed E-state index contributed by atoms with van der Waals surface area (Å²) in [6, 6.07) is 7.33. The number of nitrogens with one attached hydrogen (secondary N) is 1. The number of carbonyl (C=O) groups is 2. The number of aromatic nitrogens is 4. The molecule has 0 unspecified atom stereocenters.